The van der Waals surface area contributed by atoms with Gasteiger partial charge < -0.3 is 14.2 Å². The molecule has 0 bridgehead atoms. The third kappa shape index (κ3) is 9.69. The quantitative estimate of drug-likeness (QED) is 0.611. The Balaban J connectivity index is 3.52. The molecular formula is C11H22O4. The second-order valence-electron chi connectivity index (χ2n) is 3.95. The maximum Gasteiger partial charge on any atom is 0.302 e. The van der Waals surface area contributed by atoms with E-state index in [1.54, 1.807) is 6.92 Å². The molecule has 4 heteroatoms. The zero-order valence-corrected chi connectivity index (χ0v) is 10.3. The minimum absolute atomic E-state index is 0.0189. The lowest BCUT2D eigenvalue weighted by atomic mass is 10.4. The fourth-order valence-corrected chi connectivity index (χ4v) is 0.993. The molecule has 0 N–H and O–H groups in total. The van der Waals surface area contributed by atoms with Crippen LogP contribution in [0, 0.1) is 0 Å². The zero-order chi connectivity index (χ0) is 11.8. The SMILES string of the molecule is CC(=O)OC(C)COC(C)COC(C)C. The highest BCUT2D eigenvalue weighted by atomic mass is 16.6. The summed E-state index contributed by atoms with van der Waals surface area (Å²) < 4.78 is 15.8. The molecule has 0 rings (SSSR count). The smallest absolute Gasteiger partial charge is 0.302 e. The molecule has 2 unspecified atom stereocenters. The molecule has 0 aliphatic rings. The Labute approximate surface area is 91.9 Å². The van der Waals surface area contributed by atoms with Gasteiger partial charge in [-0.05, 0) is 27.7 Å². The molecule has 0 saturated heterocycles. The topological polar surface area (TPSA) is 44.8 Å². The van der Waals surface area contributed by atoms with Crippen molar-refractivity contribution in [2.75, 3.05) is 13.2 Å². The molecule has 2 atom stereocenters. The number of carbonyl (C=O) groups excluding carboxylic acids is 1. The minimum atomic E-state index is -0.280. The largest absolute Gasteiger partial charge is 0.460 e. The van der Waals surface area contributed by atoms with Crippen molar-refractivity contribution in [3.63, 3.8) is 0 Å². The third-order valence-electron chi connectivity index (χ3n) is 1.65. The Morgan fingerprint density at radius 1 is 1.00 bits per heavy atom. The molecule has 0 aliphatic heterocycles. The van der Waals surface area contributed by atoms with Crippen LogP contribution in [0.3, 0.4) is 0 Å². The number of rotatable bonds is 7. The first-order valence-electron chi connectivity index (χ1n) is 5.32. The Morgan fingerprint density at radius 3 is 2.00 bits per heavy atom. The van der Waals surface area contributed by atoms with Gasteiger partial charge in [-0.2, -0.15) is 0 Å². The van der Waals surface area contributed by atoms with Crippen molar-refractivity contribution in [2.24, 2.45) is 0 Å². The van der Waals surface area contributed by atoms with Crippen LogP contribution in [0.15, 0.2) is 0 Å². The van der Waals surface area contributed by atoms with Crippen molar-refractivity contribution in [3.8, 4) is 0 Å². The lowest BCUT2D eigenvalue weighted by molar-refractivity contribution is -0.150. The Bertz CT molecular complexity index is 179. The summed E-state index contributed by atoms with van der Waals surface area (Å²) >= 11 is 0. The Hall–Kier alpha value is -0.610. The summed E-state index contributed by atoms with van der Waals surface area (Å²) in [5.41, 5.74) is 0. The maximum atomic E-state index is 10.6. The summed E-state index contributed by atoms with van der Waals surface area (Å²) in [4.78, 5) is 10.6. The predicted molar refractivity (Wildman–Crippen MR) is 57.7 cm³/mol. The summed E-state index contributed by atoms with van der Waals surface area (Å²) in [6.45, 7) is 10.1. The lowest BCUT2D eigenvalue weighted by Crippen LogP contribution is -2.25. The average molecular weight is 218 g/mol. The maximum absolute atomic E-state index is 10.6. The summed E-state index contributed by atoms with van der Waals surface area (Å²) in [6, 6.07) is 0. The molecule has 0 amide bonds. The first-order chi connectivity index (χ1) is 6.91. The molecule has 4 nitrogen and oxygen atoms in total. The number of hydrogen-bond acceptors (Lipinski definition) is 4. The minimum Gasteiger partial charge on any atom is -0.460 e. The van der Waals surface area contributed by atoms with E-state index in [0.717, 1.165) is 0 Å². The molecule has 0 fully saturated rings. The Morgan fingerprint density at radius 2 is 1.53 bits per heavy atom. The van der Waals surface area contributed by atoms with Gasteiger partial charge in [-0.3, -0.25) is 4.79 Å². The highest BCUT2D eigenvalue weighted by molar-refractivity contribution is 5.66. The van der Waals surface area contributed by atoms with E-state index >= 15 is 0 Å². The fraction of sp³-hybridized carbons (Fsp3) is 0.909. The van der Waals surface area contributed by atoms with Crippen molar-refractivity contribution in [1.82, 2.24) is 0 Å². The van der Waals surface area contributed by atoms with Gasteiger partial charge in [0.05, 0.1) is 25.4 Å². The van der Waals surface area contributed by atoms with Gasteiger partial charge in [0.25, 0.3) is 0 Å². The normalized spacial score (nSPS) is 15.1. The van der Waals surface area contributed by atoms with Crippen molar-refractivity contribution >= 4 is 5.97 Å². The highest BCUT2D eigenvalue weighted by Crippen LogP contribution is 1.99. The third-order valence-corrected chi connectivity index (χ3v) is 1.65. The summed E-state index contributed by atoms with van der Waals surface area (Å²) in [5, 5.41) is 0. The second kappa shape index (κ2) is 7.65. The number of hydrogen-bond donors (Lipinski definition) is 0. The van der Waals surface area contributed by atoms with Gasteiger partial charge >= 0.3 is 5.97 Å². The molecule has 0 spiro atoms. The monoisotopic (exact) mass is 218 g/mol. The van der Waals surface area contributed by atoms with Crippen LogP contribution < -0.4 is 0 Å². The molecule has 0 aromatic rings. The van der Waals surface area contributed by atoms with Crippen LogP contribution in [0.4, 0.5) is 0 Å². The van der Waals surface area contributed by atoms with Crippen molar-refractivity contribution < 1.29 is 19.0 Å². The Kier molecular flexibility index (Phi) is 7.34. The van der Waals surface area contributed by atoms with Crippen LogP contribution in [0.2, 0.25) is 0 Å². The van der Waals surface area contributed by atoms with Crippen LogP contribution in [-0.2, 0) is 19.0 Å². The first-order valence-corrected chi connectivity index (χ1v) is 5.32. The molecule has 0 aromatic carbocycles. The number of esters is 1. The highest BCUT2D eigenvalue weighted by Gasteiger charge is 2.09. The van der Waals surface area contributed by atoms with E-state index in [1.165, 1.54) is 6.92 Å². The van der Waals surface area contributed by atoms with Gasteiger partial charge in [-0.25, -0.2) is 0 Å². The van der Waals surface area contributed by atoms with E-state index in [-0.39, 0.29) is 24.3 Å². The van der Waals surface area contributed by atoms with E-state index < -0.39 is 0 Å². The molecular weight excluding hydrogens is 196 g/mol. The van der Waals surface area contributed by atoms with Crippen LogP contribution in [0.25, 0.3) is 0 Å². The molecule has 0 heterocycles. The van der Waals surface area contributed by atoms with Gasteiger partial charge in [-0.1, -0.05) is 0 Å². The summed E-state index contributed by atoms with van der Waals surface area (Å²) in [6.07, 6.45) is 0.0244. The van der Waals surface area contributed by atoms with E-state index in [9.17, 15) is 4.79 Å². The van der Waals surface area contributed by atoms with Crippen LogP contribution in [0.5, 0.6) is 0 Å². The van der Waals surface area contributed by atoms with Gasteiger partial charge in [-0.15, -0.1) is 0 Å². The molecule has 0 aromatic heterocycles. The molecule has 0 radical (unpaired) electrons. The molecule has 0 saturated carbocycles. The van der Waals surface area contributed by atoms with E-state index in [1.807, 2.05) is 20.8 Å². The van der Waals surface area contributed by atoms with Gasteiger partial charge in [0.2, 0.25) is 0 Å². The van der Waals surface area contributed by atoms with Crippen molar-refractivity contribution in [2.45, 2.75) is 52.9 Å². The lowest BCUT2D eigenvalue weighted by Gasteiger charge is -2.18. The standard InChI is InChI=1S/C11H22O4/c1-8(2)13-6-9(3)14-7-10(4)15-11(5)12/h8-10H,6-7H2,1-5H3. The number of carbonyl (C=O) groups is 1. The van der Waals surface area contributed by atoms with Crippen molar-refractivity contribution in [1.29, 1.82) is 0 Å². The van der Waals surface area contributed by atoms with Gasteiger partial charge in [0.15, 0.2) is 0 Å². The average Bonchev–Trinajstić information content (AvgIpc) is 2.10. The molecule has 90 valence electrons. The molecule has 15 heavy (non-hydrogen) atoms. The van der Waals surface area contributed by atoms with Gasteiger partial charge in [0, 0.05) is 6.92 Å². The van der Waals surface area contributed by atoms with Gasteiger partial charge in [0.1, 0.15) is 6.10 Å². The van der Waals surface area contributed by atoms with Crippen LogP contribution in [0.1, 0.15) is 34.6 Å². The molecule has 0 aliphatic carbocycles. The van der Waals surface area contributed by atoms with Crippen LogP contribution in [-0.4, -0.2) is 37.5 Å². The number of ether oxygens (including phenoxy) is 3. The predicted octanol–water partition coefficient (Wildman–Crippen LogP) is 1.77. The summed E-state index contributed by atoms with van der Waals surface area (Å²) in [7, 11) is 0. The first kappa shape index (κ1) is 14.4. The fourth-order valence-electron chi connectivity index (χ4n) is 0.993. The van der Waals surface area contributed by atoms with Crippen LogP contribution >= 0.6 is 0 Å². The summed E-state index contributed by atoms with van der Waals surface area (Å²) in [5.74, 6) is -0.280. The second-order valence-corrected chi connectivity index (χ2v) is 3.95. The van der Waals surface area contributed by atoms with E-state index in [0.29, 0.717) is 13.2 Å². The van der Waals surface area contributed by atoms with E-state index in [4.69, 9.17) is 14.2 Å². The zero-order valence-electron chi connectivity index (χ0n) is 10.3. The van der Waals surface area contributed by atoms with Crippen molar-refractivity contribution in [3.05, 3.63) is 0 Å². The van der Waals surface area contributed by atoms with E-state index in [2.05, 4.69) is 0 Å².